The fourth-order valence-electron chi connectivity index (χ4n) is 1.29. The van der Waals surface area contributed by atoms with Crippen LogP contribution < -0.4 is 10.6 Å². The Morgan fingerprint density at radius 2 is 1.74 bits per heavy atom. The van der Waals surface area contributed by atoms with Gasteiger partial charge in [-0.3, -0.25) is 0 Å². The van der Waals surface area contributed by atoms with Crippen LogP contribution in [0.5, 0.6) is 0 Å². The number of thiocarbonyl (C=S) groups is 1. The van der Waals surface area contributed by atoms with Crippen molar-refractivity contribution in [2.24, 2.45) is 0 Å². The highest BCUT2D eigenvalue weighted by Crippen LogP contribution is 2.15. The lowest BCUT2D eigenvalue weighted by Gasteiger charge is -2.10. The van der Waals surface area contributed by atoms with E-state index in [0.717, 1.165) is 6.07 Å². The monoisotopic (exact) mass is 280 g/mol. The quantitative estimate of drug-likeness (QED) is 0.480. The van der Waals surface area contributed by atoms with Gasteiger partial charge in [0, 0.05) is 12.2 Å². The number of aromatic carboxylic acids is 2. The molecule has 6 nitrogen and oxygen atoms in total. The summed E-state index contributed by atoms with van der Waals surface area (Å²) in [6, 6.07) is 3.68. The molecule has 1 aromatic rings. The SMILES string of the molecule is C=CCNC(=S)Nc1cc(C(=O)O)cc(C(=O)O)c1. The summed E-state index contributed by atoms with van der Waals surface area (Å²) in [5.74, 6) is -2.42. The second-order valence-electron chi connectivity index (χ2n) is 3.53. The van der Waals surface area contributed by atoms with E-state index < -0.39 is 11.9 Å². The highest BCUT2D eigenvalue weighted by Gasteiger charge is 2.11. The number of carbonyl (C=O) groups is 2. The maximum atomic E-state index is 10.9. The largest absolute Gasteiger partial charge is 0.478 e. The second-order valence-corrected chi connectivity index (χ2v) is 3.94. The first-order valence-corrected chi connectivity index (χ1v) is 5.62. The highest BCUT2D eigenvalue weighted by molar-refractivity contribution is 7.80. The molecule has 0 saturated heterocycles. The lowest BCUT2D eigenvalue weighted by Crippen LogP contribution is -2.28. The average molecular weight is 280 g/mol. The third kappa shape index (κ3) is 4.40. The van der Waals surface area contributed by atoms with Gasteiger partial charge >= 0.3 is 11.9 Å². The maximum absolute atomic E-state index is 10.9. The maximum Gasteiger partial charge on any atom is 0.335 e. The molecule has 0 aromatic heterocycles. The molecule has 0 fully saturated rings. The third-order valence-corrected chi connectivity index (χ3v) is 2.34. The molecule has 0 amide bonds. The number of nitrogens with one attached hydrogen (secondary N) is 2. The van der Waals surface area contributed by atoms with Crippen LogP contribution in [0.2, 0.25) is 0 Å². The minimum atomic E-state index is -1.21. The lowest BCUT2D eigenvalue weighted by molar-refractivity contribution is 0.0696. The molecular weight excluding hydrogens is 268 g/mol. The minimum absolute atomic E-state index is 0.131. The fraction of sp³-hybridized carbons (Fsp3) is 0.0833. The van der Waals surface area contributed by atoms with Crippen molar-refractivity contribution in [2.75, 3.05) is 11.9 Å². The van der Waals surface area contributed by atoms with E-state index in [1.807, 2.05) is 0 Å². The number of carboxylic acids is 2. The number of carboxylic acid groups (broad SMARTS) is 2. The third-order valence-electron chi connectivity index (χ3n) is 2.09. The van der Waals surface area contributed by atoms with Crippen LogP contribution in [0.4, 0.5) is 5.69 Å². The first-order valence-electron chi connectivity index (χ1n) is 5.21. The molecule has 7 heteroatoms. The van der Waals surface area contributed by atoms with Crippen LogP contribution in [0, 0.1) is 0 Å². The molecule has 4 N–H and O–H groups in total. The van der Waals surface area contributed by atoms with Crippen LogP contribution in [0.15, 0.2) is 30.9 Å². The number of benzene rings is 1. The number of rotatable bonds is 5. The first kappa shape index (κ1) is 14.7. The molecule has 19 heavy (non-hydrogen) atoms. The molecule has 0 bridgehead atoms. The van der Waals surface area contributed by atoms with Gasteiger partial charge in [0.2, 0.25) is 0 Å². The van der Waals surface area contributed by atoms with Crippen molar-refractivity contribution < 1.29 is 19.8 Å². The summed E-state index contributed by atoms with van der Waals surface area (Å²) >= 11 is 4.95. The van der Waals surface area contributed by atoms with E-state index in [9.17, 15) is 9.59 Å². The summed E-state index contributed by atoms with van der Waals surface area (Å²) in [6.45, 7) is 3.95. The van der Waals surface area contributed by atoms with Gasteiger partial charge in [0.05, 0.1) is 11.1 Å². The summed E-state index contributed by atoms with van der Waals surface area (Å²) in [6.07, 6.45) is 1.60. The van der Waals surface area contributed by atoms with Gasteiger partial charge in [0.1, 0.15) is 0 Å². The summed E-state index contributed by atoms with van der Waals surface area (Å²) in [4.78, 5) is 21.8. The summed E-state index contributed by atoms with van der Waals surface area (Å²) in [5.41, 5.74) is 0.0294. The molecule has 1 rings (SSSR count). The zero-order valence-electron chi connectivity index (χ0n) is 9.84. The summed E-state index contributed by atoms with van der Waals surface area (Å²) in [5, 5.41) is 23.6. The fourth-order valence-corrected chi connectivity index (χ4v) is 1.49. The summed E-state index contributed by atoms with van der Waals surface area (Å²) < 4.78 is 0. The van der Waals surface area contributed by atoms with Crippen molar-refractivity contribution in [1.29, 1.82) is 0 Å². The van der Waals surface area contributed by atoms with Gasteiger partial charge in [-0.2, -0.15) is 0 Å². The molecule has 100 valence electrons. The van der Waals surface area contributed by atoms with Crippen LogP contribution in [0.25, 0.3) is 0 Å². The standard InChI is InChI=1S/C12H12N2O4S/c1-2-3-13-12(19)14-9-5-7(10(15)16)4-8(6-9)11(17)18/h2,4-6H,1,3H2,(H,15,16)(H,17,18)(H2,13,14,19). The number of hydrogen-bond acceptors (Lipinski definition) is 3. The Labute approximate surface area is 114 Å². The summed E-state index contributed by atoms with van der Waals surface area (Å²) in [7, 11) is 0. The zero-order chi connectivity index (χ0) is 14.4. The lowest BCUT2D eigenvalue weighted by atomic mass is 10.1. The van der Waals surface area contributed by atoms with Crippen LogP contribution in [-0.4, -0.2) is 33.8 Å². The number of hydrogen-bond donors (Lipinski definition) is 4. The smallest absolute Gasteiger partial charge is 0.335 e. The van der Waals surface area contributed by atoms with Crippen molar-refractivity contribution in [1.82, 2.24) is 5.32 Å². The van der Waals surface area contributed by atoms with Crippen molar-refractivity contribution in [2.45, 2.75) is 0 Å². The molecule has 0 radical (unpaired) electrons. The first-order chi connectivity index (χ1) is 8.93. The Hall–Kier alpha value is -2.41. The average Bonchev–Trinajstić information content (AvgIpc) is 2.35. The second kappa shape index (κ2) is 6.50. The Kier molecular flexibility index (Phi) is 5.01. The van der Waals surface area contributed by atoms with E-state index in [-0.39, 0.29) is 16.2 Å². The van der Waals surface area contributed by atoms with E-state index in [2.05, 4.69) is 17.2 Å². The normalized spacial score (nSPS) is 9.47. The van der Waals surface area contributed by atoms with E-state index in [1.165, 1.54) is 12.1 Å². The van der Waals surface area contributed by atoms with E-state index in [1.54, 1.807) is 6.08 Å². The van der Waals surface area contributed by atoms with Crippen molar-refractivity contribution in [3.8, 4) is 0 Å². The van der Waals surface area contributed by atoms with E-state index in [4.69, 9.17) is 22.4 Å². The van der Waals surface area contributed by atoms with Gasteiger partial charge in [0.15, 0.2) is 5.11 Å². The Bertz CT molecular complexity index is 510. The molecule has 0 heterocycles. The van der Waals surface area contributed by atoms with Crippen molar-refractivity contribution in [3.63, 3.8) is 0 Å². The van der Waals surface area contributed by atoms with Gasteiger partial charge in [-0.1, -0.05) is 6.08 Å². The van der Waals surface area contributed by atoms with Gasteiger partial charge in [0.25, 0.3) is 0 Å². The molecule has 0 aliphatic carbocycles. The Morgan fingerprint density at radius 1 is 1.21 bits per heavy atom. The Balaban J connectivity index is 2.99. The zero-order valence-corrected chi connectivity index (χ0v) is 10.7. The van der Waals surface area contributed by atoms with Gasteiger partial charge in [-0.25, -0.2) is 9.59 Å². The number of anilines is 1. The molecule has 0 saturated carbocycles. The molecule has 0 spiro atoms. The van der Waals surface area contributed by atoms with Gasteiger partial charge < -0.3 is 20.8 Å². The molecule has 0 aliphatic heterocycles. The van der Waals surface area contributed by atoms with Gasteiger partial charge in [-0.15, -0.1) is 6.58 Å². The van der Waals surface area contributed by atoms with Crippen LogP contribution in [0.3, 0.4) is 0 Å². The molecule has 0 atom stereocenters. The van der Waals surface area contributed by atoms with Gasteiger partial charge in [-0.05, 0) is 30.4 Å². The van der Waals surface area contributed by atoms with Crippen LogP contribution >= 0.6 is 12.2 Å². The van der Waals surface area contributed by atoms with Crippen LogP contribution in [0.1, 0.15) is 20.7 Å². The molecular formula is C12H12N2O4S. The van der Waals surface area contributed by atoms with E-state index >= 15 is 0 Å². The molecule has 1 aromatic carbocycles. The predicted octanol–water partition coefficient (Wildman–Crippen LogP) is 1.56. The molecule has 0 aliphatic rings. The minimum Gasteiger partial charge on any atom is -0.478 e. The predicted molar refractivity (Wildman–Crippen MR) is 74.8 cm³/mol. The Morgan fingerprint density at radius 3 is 2.16 bits per heavy atom. The highest BCUT2D eigenvalue weighted by atomic mass is 32.1. The van der Waals surface area contributed by atoms with Crippen molar-refractivity contribution in [3.05, 3.63) is 42.0 Å². The topological polar surface area (TPSA) is 98.7 Å². The van der Waals surface area contributed by atoms with Crippen LogP contribution in [-0.2, 0) is 0 Å². The van der Waals surface area contributed by atoms with Crippen molar-refractivity contribution >= 4 is 35.0 Å². The molecule has 0 unspecified atom stereocenters. The van der Waals surface area contributed by atoms with E-state index in [0.29, 0.717) is 12.2 Å².